The van der Waals surface area contributed by atoms with Crippen molar-refractivity contribution in [1.29, 1.82) is 0 Å². The first-order valence-corrected chi connectivity index (χ1v) is 13.5. The van der Waals surface area contributed by atoms with Crippen molar-refractivity contribution >= 4 is 42.1 Å². The van der Waals surface area contributed by atoms with Gasteiger partial charge in [0.2, 0.25) is 5.28 Å². The quantitative estimate of drug-likeness (QED) is 0.146. The minimum Gasteiger partial charge on any atom is -0.464 e. The fourth-order valence-electron chi connectivity index (χ4n) is 4.37. The number of halogens is 1. The second-order valence-electron chi connectivity index (χ2n) is 8.73. The number of aliphatic hydroxyl groups is 2. The molecule has 0 amide bonds. The van der Waals surface area contributed by atoms with Gasteiger partial charge < -0.3 is 39.5 Å². The molecule has 1 aliphatic carbocycles. The van der Waals surface area contributed by atoms with Crippen molar-refractivity contribution in [3.8, 4) is 0 Å². The van der Waals surface area contributed by atoms with Crippen LogP contribution in [0.15, 0.2) is 0 Å². The van der Waals surface area contributed by atoms with E-state index >= 15 is 0 Å². The number of carbonyl (C=O) groups is 1. The van der Waals surface area contributed by atoms with E-state index in [-0.39, 0.29) is 24.0 Å². The second-order valence-corrected chi connectivity index (χ2v) is 10.7. The number of fused-ring (bicyclic) bond motifs is 1. The maximum absolute atomic E-state index is 11.9. The summed E-state index contributed by atoms with van der Waals surface area (Å²) >= 11 is 6.13. The highest BCUT2D eigenvalue weighted by molar-refractivity contribution is 7.53. The van der Waals surface area contributed by atoms with Crippen LogP contribution in [0.4, 0.5) is 5.82 Å². The van der Waals surface area contributed by atoms with Crippen molar-refractivity contribution in [2.75, 3.05) is 38.3 Å². The summed E-state index contributed by atoms with van der Waals surface area (Å²) in [7, 11) is -4.99. The number of nitrogens with one attached hydrogen (secondary N) is 1. The van der Waals surface area contributed by atoms with E-state index in [0.717, 1.165) is 6.42 Å². The van der Waals surface area contributed by atoms with Crippen LogP contribution in [0.1, 0.15) is 25.8 Å². The fraction of sp³-hybridized carbons (Fsp3) is 0.737. The number of hydrogen-bond donors (Lipinski definition) is 5. The smallest absolute Gasteiger partial charge is 0.365 e. The number of esters is 1. The van der Waals surface area contributed by atoms with Gasteiger partial charge in [-0.05, 0) is 31.4 Å². The molecule has 2 fully saturated rings. The molecule has 2 aromatic rings. The maximum Gasteiger partial charge on any atom is 0.365 e. The molecule has 15 nitrogen and oxygen atoms in total. The molecule has 3 heterocycles. The van der Waals surface area contributed by atoms with Crippen molar-refractivity contribution in [2.45, 2.75) is 43.9 Å². The van der Waals surface area contributed by atoms with Gasteiger partial charge in [0.25, 0.3) is 5.85 Å². The predicted molar refractivity (Wildman–Crippen MR) is 123 cm³/mol. The van der Waals surface area contributed by atoms with E-state index in [4.69, 9.17) is 21.1 Å². The second kappa shape index (κ2) is 11.2. The molecule has 2 aliphatic rings. The minimum atomic E-state index is -4.99. The number of hydrogen-bond acceptors (Lipinski definition) is 12. The van der Waals surface area contributed by atoms with E-state index in [1.165, 1.54) is 11.6 Å². The highest BCUT2D eigenvalue weighted by Gasteiger charge is 2.46. The molecule has 17 heteroatoms. The molecule has 36 heavy (non-hydrogen) atoms. The topological polar surface area (TPSA) is 211 Å². The molecule has 0 radical (unpaired) electrons. The Hall–Kier alpha value is -1.97. The molecule has 200 valence electrons. The number of rotatable bonds is 10. The van der Waals surface area contributed by atoms with Crippen molar-refractivity contribution in [3.05, 3.63) is 5.28 Å². The van der Waals surface area contributed by atoms with Crippen LogP contribution in [0.3, 0.4) is 0 Å². The van der Waals surface area contributed by atoms with Crippen LogP contribution in [0, 0.1) is 11.8 Å². The first-order chi connectivity index (χ1) is 17.1. The molecule has 5 N–H and O–H groups in total. The lowest BCUT2D eigenvalue weighted by Crippen LogP contribution is -2.33. The zero-order chi connectivity index (χ0) is 26.0. The van der Waals surface area contributed by atoms with Crippen molar-refractivity contribution in [1.82, 2.24) is 25.0 Å². The summed E-state index contributed by atoms with van der Waals surface area (Å²) in [6.07, 6.45) is -1.68. The van der Waals surface area contributed by atoms with Gasteiger partial charge in [-0.25, -0.2) is 9.48 Å². The molecule has 0 aromatic carbocycles. The van der Waals surface area contributed by atoms with Crippen LogP contribution in [-0.2, 0) is 23.6 Å². The van der Waals surface area contributed by atoms with Gasteiger partial charge in [0.1, 0.15) is 6.10 Å². The van der Waals surface area contributed by atoms with Crippen LogP contribution in [0.2, 0.25) is 5.28 Å². The highest BCUT2D eigenvalue weighted by atomic mass is 35.5. The number of aromatic nitrogens is 5. The third kappa shape index (κ3) is 5.78. The Morgan fingerprint density at radius 1 is 1.33 bits per heavy atom. The molecular formula is C19H28ClN6O9P. The summed E-state index contributed by atoms with van der Waals surface area (Å²) < 4.78 is 28.2. The van der Waals surface area contributed by atoms with Crippen LogP contribution in [0.25, 0.3) is 11.2 Å². The number of anilines is 1. The van der Waals surface area contributed by atoms with E-state index in [2.05, 4.69) is 30.3 Å². The summed E-state index contributed by atoms with van der Waals surface area (Å²) in [5.74, 6) is -3.46. The Bertz CT molecular complexity index is 1130. The third-order valence-corrected chi connectivity index (χ3v) is 7.37. The molecule has 0 bridgehead atoms. The van der Waals surface area contributed by atoms with Crippen LogP contribution in [-0.4, -0.2) is 102 Å². The summed E-state index contributed by atoms with van der Waals surface area (Å²) in [5, 5.41) is 32.7. The van der Waals surface area contributed by atoms with E-state index in [9.17, 15) is 29.4 Å². The Balaban J connectivity index is 1.50. The Kier molecular flexibility index (Phi) is 8.42. The van der Waals surface area contributed by atoms with Crippen LogP contribution in [0.5, 0.6) is 0 Å². The number of carbonyl (C=O) groups excluding carboxylic acids is 1. The van der Waals surface area contributed by atoms with E-state index < -0.39 is 50.2 Å². The van der Waals surface area contributed by atoms with E-state index in [1.54, 1.807) is 0 Å². The fourth-order valence-corrected chi connectivity index (χ4v) is 5.17. The van der Waals surface area contributed by atoms with Crippen LogP contribution < -0.4 is 5.32 Å². The number of nitrogens with zero attached hydrogens (tertiary/aromatic N) is 5. The van der Waals surface area contributed by atoms with Crippen molar-refractivity contribution in [3.63, 3.8) is 0 Å². The lowest BCUT2D eigenvalue weighted by molar-refractivity contribution is -0.153. The van der Waals surface area contributed by atoms with Crippen LogP contribution >= 0.6 is 19.2 Å². The SMILES string of the molecule is CCOC(=O)C(OC[C@H]1C[C@@H](n2nnc3c(NCC4CCOC4)nc(Cl)nc32)[C@H](O)[C@@H]1O)P(=O)(O)O. The van der Waals surface area contributed by atoms with Gasteiger partial charge >= 0.3 is 13.6 Å². The van der Waals surface area contributed by atoms with E-state index in [0.29, 0.717) is 37.0 Å². The van der Waals surface area contributed by atoms with Gasteiger partial charge in [-0.1, -0.05) is 5.21 Å². The molecular weight excluding hydrogens is 523 g/mol. The largest absolute Gasteiger partial charge is 0.464 e. The molecule has 1 saturated carbocycles. The lowest BCUT2D eigenvalue weighted by atomic mass is 10.1. The molecule has 2 aromatic heterocycles. The average molecular weight is 551 g/mol. The Morgan fingerprint density at radius 3 is 2.78 bits per heavy atom. The summed E-state index contributed by atoms with van der Waals surface area (Å²) in [6, 6.07) is -0.809. The standard InChI is InChI=1S/C19H28ClN6O9P/c1-2-34-17(29)18(36(30,31)32)35-8-10-5-11(14(28)13(10)27)26-16-12(24-25-26)15(22-19(20)23-16)21-6-9-3-4-33-7-9/h9-11,13-14,18,27-28H,2-8H2,1H3,(H,21,22,23)(H2,30,31,32)/t9?,10-,11-,13-,14+,18?/m1/s1. The van der Waals surface area contributed by atoms with Gasteiger partial charge in [0.05, 0.1) is 32.0 Å². The Morgan fingerprint density at radius 2 is 2.11 bits per heavy atom. The van der Waals surface area contributed by atoms with Crippen molar-refractivity contribution in [2.24, 2.45) is 11.8 Å². The highest BCUT2D eigenvalue weighted by Crippen LogP contribution is 2.44. The minimum absolute atomic E-state index is 0.0666. The third-order valence-electron chi connectivity index (χ3n) is 6.23. The molecule has 1 aliphatic heterocycles. The predicted octanol–water partition coefficient (Wildman–Crippen LogP) is -0.311. The summed E-state index contributed by atoms with van der Waals surface area (Å²) in [5.41, 5.74) is 0.557. The normalized spacial score (nSPS) is 27.4. The summed E-state index contributed by atoms with van der Waals surface area (Å²) in [4.78, 5) is 39.2. The van der Waals surface area contributed by atoms with Crippen molar-refractivity contribution < 1.29 is 43.6 Å². The number of aliphatic hydroxyl groups excluding tert-OH is 2. The van der Waals surface area contributed by atoms with Gasteiger partial charge in [0, 0.05) is 25.0 Å². The van der Waals surface area contributed by atoms with E-state index in [1.807, 2.05) is 0 Å². The summed E-state index contributed by atoms with van der Waals surface area (Å²) in [6.45, 7) is 2.88. The zero-order valence-corrected chi connectivity index (χ0v) is 21.0. The molecule has 4 rings (SSSR count). The van der Waals surface area contributed by atoms with Gasteiger partial charge in [0.15, 0.2) is 17.0 Å². The molecule has 6 atom stereocenters. The average Bonchev–Trinajstić information content (AvgIpc) is 3.53. The molecule has 0 spiro atoms. The first-order valence-electron chi connectivity index (χ1n) is 11.4. The first kappa shape index (κ1) is 27.1. The molecule has 1 saturated heterocycles. The maximum atomic E-state index is 11.9. The lowest BCUT2D eigenvalue weighted by Gasteiger charge is -2.21. The van der Waals surface area contributed by atoms with Gasteiger partial charge in [-0.3, -0.25) is 4.57 Å². The Labute approximate surface area is 210 Å². The number of ether oxygens (including phenoxy) is 3. The monoisotopic (exact) mass is 550 g/mol. The molecule has 2 unspecified atom stereocenters. The zero-order valence-electron chi connectivity index (χ0n) is 19.3. The van der Waals surface area contributed by atoms with Gasteiger partial charge in [-0.15, -0.1) is 5.10 Å². The van der Waals surface area contributed by atoms with Gasteiger partial charge in [-0.2, -0.15) is 9.97 Å².